The number of nitrogens with two attached hydrogens (primary N) is 1. The molecule has 1 aliphatic heterocycles. The van der Waals surface area contributed by atoms with Gasteiger partial charge in [0.15, 0.2) is 5.82 Å². The summed E-state index contributed by atoms with van der Waals surface area (Å²) in [4.78, 5) is 14.6. The highest BCUT2D eigenvalue weighted by Crippen LogP contribution is 2.47. The number of nitriles is 1. The van der Waals surface area contributed by atoms with Crippen LogP contribution < -0.4 is 5.73 Å². The van der Waals surface area contributed by atoms with E-state index in [1.54, 1.807) is 4.52 Å². The smallest absolute Gasteiger partial charge is 0.382 e. The molecular weight excluding hydrogens is 724 g/mol. The van der Waals surface area contributed by atoms with Gasteiger partial charge >= 0.3 is 7.82 Å². The van der Waals surface area contributed by atoms with E-state index in [9.17, 15) is 19.1 Å². The Bertz CT molecular complexity index is 1650. The second kappa shape index (κ2) is 24.0. The van der Waals surface area contributed by atoms with Crippen LogP contribution in [0.2, 0.25) is 0 Å². The minimum atomic E-state index is -4.52. The third-order valence-electron chi connectivity index (χ3n) is 10.2. The van der Waals surface area contributed by atoms with E-state index in [0.717, 1.165) is 31.0 Å². The van der Waals surface area contributed by atoms with Gasteiger partial charge in [0, 0.05) is 6.61 Å². The fraction of sp³-hybridized carbons (Fsp3) is 0.683. The van der Waals surface area contributed by atoms with Crippen LogP contribution in [-0.4, -0.2) is 57.6 Å². The highest BCUT2D eigenvalue weighted by Gasteiger charge is 2.40. The molecule has 2 aromatic heterocycles. The Morgan fingerprint density at radius 3 is 2.31 bits per heavy atom. The summed E-state index contributed by atoms with van der Waals surface area (Å²) in [5, 5.41) is 13.5. The standard InChI is InChI=1S/C41H63FN5O7P/c1-3-4-5-6-7-8-9-10-11-12-13-14-15-16-17-18-23-50-29-36(51-28-34-24-33(27-43)25-35(42)26-34)30-52-55(48,49)53-31-41(2)22-21-39(54-41)37-19-20-38-40(44)45-32-46-47(37)38/h19-20,24-26,32,36,39H,3-18,21-23,28-31H2,1-2H3,(H,48,49)(H2,44,45,46)/t36-,39-,41+/m1/s1. The lowest BCUT2D eigenvalue weighted by Crippen LogP contribution is -2.30. The summed E-state index contributed by atoms with van der Waals surface area (Å²) in [5.74, 6) is -0.189. The number of anilines is 1. The van der Waals surface area contributed by atoms with Crippen LogP contribution in [0.4, 0.5) is 10.2 Å². The summed E-state index contributed by atoms with van der Waals surface area (Å²) in [6.07, 6.45) is 22.1. The number of benzene rings is 1. The van der Waals surface area contributed by atoms with Crippen molar-refractivity contribution in [2.24, 2.45) is 0 Å². The molecule has 0 amide bonds. The first-order chi connectivity index (χ1) is 26.6. The zero-order valence-corrected chi connectivity index (χ0v) is 33.9. The van der Waals surface area contributed by atoms with Gasteiger partial charge in [-0.25, -0.2) is 18.5 Å². The van der Waals surface area contributed by atoms with Crippen molar-refractivity contribution in [3.8, 4) is 6.07 Å². The summed E-state index contributed by atoms with van der Waals surface area (Å²) in [6, 6.07) is 9.61. The molecule has 55 heavy (non-hydrogen) atoms. The molecule has 1 aromatic carbocycles. The zero-order chi connectivity index (χ0) is 39.4. The number of halogens is 1. The minimum Gasteiger partial charge on any atom is -0.382 e. The fourth-order valence-corrected chi connectivity index (χ4v) is 7.85. The number of unbranched alkanes of at least 4 members (excludes halogenated alkanes) is 15. The topological polar surface area (TPSA) is 163 Å². The van der Waals surface area contributed by atoms with Crippen LogP contribution in [0.5, 0.6) is 0 Å². The largest absolute Gasteiger partial charge is 0.472 e. The summed E-state index contributed by atoms with van der Waals surface area (Å²) < 4.78 is 57.7. The summed E-state index contributed by atoms with van der Waals surface area (Å²) >= 11 is 0. The molecule has 1 aliphatic rings. The van der Waals surface area contributed by atoms with E-state index in [-0.39, 0.29) is 38.1 Å². The maximum Gasteiger partial charge on any atom is 0.472 e. The number of aromatic nitrogens is 3. The molecule has 3 N–H and O–H groups in total. The number of nitrogen functional groups attached to an aromatic ring is 1. The van der Waals surface area contributed by atoms with E-state index in [4.69, 9.17) is 29.0 Å². The number of rotatable bonds is 29. The fourth-order valence-electron chi connectivity index (χ4n) is 6.99. The molecule has 0 saturated carbocycles. The van der Waals surface area contributed by atoms with Gasteiger partial charge in [-0.2, -0.15) is 10.4 Å². The lowest BCUT2D eigenvalue weighted by atomic mass is 10.0. The molecule has 3 heterocycles. The number of ether oxygens (including phenoxy) is 3. The van der Waals surface area contributed by atoms with Crippen molar-refractivity contribution < 1.29 is 37.1 Å². The first-order valence-electron chi connectivity index (χ1n) is 20.4. The summed E-state index contributed by atoms with van der Waals surface area (Å²) in [7, 11) is -4.52. The maximum atomic E-state index is 14.0. The normalized spacial score (nSPS) is 18.8. The van der Waals surface area contributed by atoms with E-state index in [0.29, 0.717) is 36.3 Å². The van der Waals surface area contributed by atoms with Crippen molar-refractivity contribution >= 4 is 19.2 Å². The first-order valence-corrected chi connectivity index (χ1v) is 21.9. The Hall–Kier alpha value is -2.95. The van der Waals surface area contributed by atoms with Crippen LogP contribution in [0.25, 0.3) is 5.52 Å². The van der Waals surface area contributed by atoms with Crippen LogP contribution in [0.3, 0.4) is 0 Å². The summed E-state index contributed by atoms with van der Waals surface area (Å²) in [5.41, 5.74) is 7.23. The van der Waals surface area contributed by atoms with Crippen molar-refractivity contribution in [2.75, 3.05) is 32.2 Å². The van der Waals surface area contributed by atoms with Crippen molar-refractivity contribution in [3.63, 3.8) is 0 Å². The molecule has 4 rings (SSSR count). The molecule has 0 spiro atoms. The monoisotopic (exact) mass is 787 g/mol. The second-order valence-corrected chi connectivity index (χ2v) is 16.6. The van der Waals surface area contributed by atoms with Crippen molar-refractivity contribution in [1.29, 1.82) is 5.26 Å². The quantitative estimate of drug-likeness (QED) is 0.0508. The van der Waals surface area contributed by atoms with Crippen LogP contribution in [-0.2, 0) is 34.4 Å². The highest BCUT2D eigenvalue weighted by molar-refractivity contribution is 7.47. The minimum absolute atomic E-state index is 0.0439. The molecule has 12 nitrogen and oxygen atoms in total. The molecule has 1 saturated heterocycles. The third-order valence-corrected chi connectivity index (χ3v) is 11.1. The Morgan fingerprint density at radius 1 is 1.00 bits per heavy atom. The lowest BCUT2D eigenvalue weighted by molar-refractivity contribution is -0.0710. The van der Waals surface area contributed by atoms with Gasteiger partial charge in [-0.05, 0) is 62.1 Å². The molecular formula is C41H63FN5O7P. The lowest BCUT2D eigenvalue weighted by Gasteiger charge is -2.26. The summed E-state index contributed by atoms with van der Waals surface area (Å²) in [6.45, 7) is 4.16. The molecule has 1 fully saturated rings. The van der Waals surface area contributed by atoms with E-state index in [1.165, 1.54) is 102 Å². The predicted octanol–water partition coefficient (Wildman–Crippen LogP) is 9.93. The zero-order valence-electron chi connectivity index (χ0n) is 33.0. The van der Waals surface area contributed by atoms with E-state index >= 15 is 0 Å². The second-order valence-electron chi connectivity index (χ2n) is 15.1. The van der Waals surface area contributed by atoms with Crippen molar-refractivity contribution in [3.05, 3.63) is 59.3 Å². The van der Waals surface area contributed by atoms with Gasteiger partial charge in [0.2, 0.25) is 0 Å². The Labute approximate surface area is 326 Å². The number of hydrogen-bond acceptors (Lipinski definition) is 10. The van der Waals surface area contributed by atoms with E-state index in [2.05, 4.69) is 17.0 Å². The van der Waals surface area contributed by atoms with Gasteiger partial charge in [-0.15, -0.1) is 0 Å². The van der Waals surface area contributed by atoms with Crippen LogP contribution in [0, 0.1) is 17.1 Å². The molecule has 0 aliphatic carbocycles. The number of hydrogen-bond donors (Lipinski definition) is 2. The highest BCUT2D eigenvalue weighted by atomic mass is 31.2. The van der Waals surface area contributed by atoms with Gasteiger partial charge in [-0.1, -0.05) is 103 Å². The SMILES string of the molecule is CCCCCCCCCCCCCCCCCCOC[C@H](COP(=O)(O)OC[C@]1(C)CC[C@H](c2ccc3c(N)ncnn23)O1)OCc1cc(F)cc(C#N)c1. The molecule has 0 bridgehead atoms. The van der Waals surface area contributed by atoms with Gasteiger partial charge in [-0.3, -0.25) is 9.05 Å². The molecule has 306 valence electrons. The number of phosphoric ester groups is 1. The van der Waals surface area contributed by atoms with Crippen LogP contribution in [0.15, 0.2) is 36.7 Å². The Kier molecular flexibility index (Phi) is 19.5. The van der Waals surface area contributed by atoms with Crippen LogP contribution in [0.1, 0.15) is 152 Å². The Morgan fingerprint density at radius 2 is 1.65 bits per heavy atom. The van der Waals surface area contributed by atoms with Crippen molar-refractivity contribution in [1.82, 2.24) is 14.6 Å². The van der Waals surface area contributed by atoms with Gasteiger partial charge in [0.1, 0.15) is 29.9 Å². The van der Waals surface area contributed by atoms with E-state index in [1.807, 2.05) is 25.1 Å². The van der Waals surface area contributed by atoms with Gasteiger partial charge in [0.25, 0.3) is 0 Å². The molecule has 0 radical (unpaired) electrons. The Balaban J connectivity index is 1.14. The average Bonchev–Trinajstić information content (AvgIpc) is 3.79. The number of nitrogens with zero attached hydrogens (tertiary/aromatic N) is 4. The molecule has 14 heteroatoms. The first kappa shape index (κ1) is 44.8. The number of fused-ring (bicyclic) bond motifs is 1. The molecule has 1 unspecified atom stereocenters. The third kappa shape index (κ3) is 16.2. The molecule has 4 atom stereocenters. The average molecular weight is 788 g/mol. The van der Waals surface area contributed by atoms with Crippen LogP contribution >= 0.6 is 7.82 Å². The molecule has 3 aromatic rings. The predicted molar refractivity (Wildman–Crippen MR) is 211 cm³/mol. The number of phosphoric acid groups is 1. The van der Waals surface area contributed by atoms with Crippen molar-refractivity contribution in [2.45, 2.75) is 154 Å². The maximum absolute atomic E-state index is 14.0. The van der Waals surface area contributed by atoms with E-state index < -0.39 is 25.3 Å². The van der Waals surface area contributed by atoms with Gasteiger partial charge in [0.05, 0.1) is 49.4 Å². The van der Waals surface area contributed by atoms with Gasteiger partial charge < -0.3 is 24.8 Å².